The number of ether oxygens (including phenoxy) is 1. The Labute approximate surface area is 158 Å². The maximum atomic E-state index is 12.2. The van der Waals surface area contributed by atoms with E-state index < -0.39 is 5.97 Å². The molecule has 1 aromatic heterocycles. The van der Waals surface area contributed by atoms with Gasteiger partial charge in [0.15, 0.2) is 0 Å². The molecule has 24 heavy (non-hydrogen) atoms. The van der Waals surface area contributed by atoms with Gasteiger partial charge in [0.1, 0.15) is 5.00 Å². The molecule has 0 unspecified atom stereocenters. The van der Waals surface area contributed by atoms with Crippen molar-refractivity contribution >= 4 is 55.9 Å². The van der Waals surface area contributed by atoms with E-state index >= 15 is 0 Å². The highest BCUT2D eigenvalue weighted by Crippen LogP contribution is 2.33. The molecular weight excluding hydrogens is 410 g/mol. The summed E-state index contributed by atoms with van der Waals surface area (Å²) in [5.41, 5.74) is 1.32. The Kier molecular flexibility index (Phi) is 6.89. The zero-order chi connectivity index (χ0) is 17.7. The summed E-state index contributed by atoms with van der Waals surface area (Å²) in [5.74, 6) is -0.259. The molecule has 0 radical (unpaired) electrons. The molecule has 0 bridgehead atoms. The summed E-state index contributed by atoms with van der Waals surface area (Å²) in [5, 5.41) is 3.40. The first kappa shape index (κ1) is 19.0. The third-order valence-corrected chi connectivity index (χ3v) is 5.96. The van der Waals surface area contributed by atoms with Crippen molar-refractivity contribution in [2.45, 2.75) is 25.7 Å². The molecule has 0 saturated heterocycles. The van der Waals surface area contributed by atoms with Crippen LogP contribution in [0.25, 0.3) is 0 Å². The molecule has 0 aliphatic carbocycles. The summed E-state index contributed by atoms with van der Waals surface area (Å²) in [6, 6.07) is 7.77. The van der Waals surface area contributed by atoms with Crippen molar-refractivity contribution in [1.29, 1.82) is 0 Å². The average Bonchev–Trinajstić information content (AvgIpc) is 2.81. The lowest BCUT2D eigenvalue weighted by molar-refractivity contribution is -0.113. The van der Waals surface area contributed by atoms with E-state index in [9.17, 15) is 9.59 Å². The van der Waals surface area contributed by atoms with Crippen LogP contribution in [0.3, 0.4) is 0 Å². The third kappa shape index (κ3) is 4.84. The third-order valence-electron chi connectivity index (χ3n) is 3.30. The Balaban J connectivity index is 2.04. The summed E-state index contributed by atoms with van der Waals surface area (Å²) >= 11 is 6.23. The number of hydrogen-bond acceptors (Lipinski definition) is 5. The molecule has 0 aliphatic heterocycles. The van der Waals surface area contributed by atoms with Crippen molar-refractivity contribution in [2.75, 3.05) is 17.7 Å². The first-order chi connectivity index (χ1) is 11.4. The Bertz CT molecular complexity index is 741. The number of benzene rings is 1. The normalized spacial score (nSPS) is 10.5. The minimum atomic E-state index is -0.393. The van der Waals surface area contributed by atoms with Gasteiger partial charge in [0.2, 0.25) is 5.91 Å². The quantitative estimate of drug-likeness (QED) is 0.518. The van der Waals surface area contributed by atoms with Crippen LogP contribution < -0.4 is 5.32 Å². The van der Waals surface area contributed by atoms with Crippen LogP contribution in [0.4, 0.5) is 5.00 Å². The Morgan fingerprint density at radius 3 is 2.54 bits per heavy atom. The fourth-order valence-electron chi connectivity index (χ4n) is 2.01. The highest BCUT2D eigenvalue weighted by Gasteiger charge is 2.22. The number of amides is 1. The largest absolute Gasteiger partial charge is 0.462 e. The zero-order valence-electron chi connectivity index (χ0n) is 13.6. The van der Waals surface area contributed by atoms with Gasteiger partial charge >= 0.3 is 5.97 Å². The van der Waals surface area contributed by atoms with Gasteiger partial charge in [-0.25, -0.2) is 4.79 Å². The van der Waals surface area contributed by atoms with Gasteiger partial charge in [-0.2, -0.15) is 0 Å². The zero-order valence-corrected chi connectivity index (χ0v) is 16.9. The van der Waals surface area contributed by atoms with Gasteiger partial charge in [-0.05, 0) is 50.6 Å². The van der Waals surface area contributed by atoms with Gasteiger partial charge in [0.25, 0.3) is 0 Å². The van der Waals surface area contributed by atoms with Gasteiger partial charge in [-0.3, -0.25) is 4.79 Å². The van der Waals surface area contributed by atoms with Crippen LogP contribution in [0.5, 0.6) is 0 Å². The van der Waals surface area contributed by atoms with Crippen LogP contribution in [-0.2, 0) is 9.53 Å². The number of hydrogen-bond donors (Lipinski definition) is 1. The number of thiophene rings is 1. The average molecular weight is 428 g/mol. The lowest BCUT2D eigenvalue weighted by Gasteiger charge is -2.07. The molecular formula is C17H18BrNO3S2. The lowest BCUT2D eigenvalue weighted by Crippen LogP contribution is -2.16. The number of anilines is 1. The molecule has 7 heteroatoms. The van der Waals surface area contributed by atoms with E-state index in [-0.39, 0.29) is 11.7 Å². The summed E-state index contributed by atoms with van der Waals surface area (Å²) < 4.78 is 6.09. The highest BCUT2D eigenvalue weighted by atomic mass is 79.9. The van der Waals surface area contributed by atoms with E-state index in [4.69, 9.17) is 4.74 Å². The van der Waals surface area contributed by atoms with Crippen LogP contribution >= 0.6 is 39.0 Å². The van der Waals surface area contributed by atoms with Crippen molar-refractivity contribution in [1.82, 2.24) is 0 Å². The number of nitrogens with one attached hydrogen (secondary N) is 1. The molecule has 0 saturated carbocycles. The molecule has 1 heterocycles. The van der Waals surface area contributed by atoms with E-state index in [1.807, 2.05) is 38.1 Å². The minimum Gasteiger partial charge on any atom is -0.462 e. The summed E-state index contributed by atoms with van der Waals surface area (Å²) in [7, 11) is 0. The molecule has 4 nitrogen and oxygen atoms in total. The van der Waals surface area contributed by atoms with Gasteiger partial charge in [0.05, 0.1) is 17.9 Å². The standard InChI is InChI=1S/C17H18BrNO3S2/c1-4-22-17(21)15-10(2)11(3)24-16(15)19-14(20)9-23-13-7-5-12(18)6-8-13/h5-8H,4,9H2,1-3H3,(H,19,20). The molecule has 0 spiro atoms. The van der Waals surface area contributed by atoms with Crippen molar-refractivity contribution in [3.63, 3.8) is 0 Å². The summed E-state index contributed by atoms with van der Waals surface area (Å²) in [4.78, 5) is 26.3. The highest BCUT2D eigenvalue weighted by molar-refractivity contribution is 9.10. The Morgan fingerprint density at radius 1 is 1.25 bits per heavy atom. The Hall–Kier alpha value is -1.31. The predicted molar refractivity (Wildman–Crippen MR) is 103 cm³/mol. The molecule has 0 fully saturated rings. The second kappa shape index (κ2) is 8.69. The van der Waals surface area contributed by atoms with Crippen molar-refractivity contribution in [2.24, 2.45) is 0 Å². The van der Waals surface area contributed by atoms with Gasteiger partial charge < -0.3 is 10.1 Å². The van der Waals surface area contributed by atoms with Crippen LogP contribution in [0.1, 0.15) is 27.7 Å². The summed E-state index contributed by atoms with van der Waals surface area (Å²) in [6.07, 6.45) is 0. The number of halogens is 1. The van der Waals surface area contributed by atoms with E-state index in [1.54, 1.807) is 6.92 Å². The smallest absolute Gasteiger partial charge is 0.341 e. The van der Waals surface area contributed by atoms with Gasteiger partial charge in [0, 0.05) is 14.2 Å². The van der Waals surface area contributed by atoms with E-state index in [1.165, 1.54) is 23.1 Å². The maximum Gasteiger partial charge on any atom is 0.341 e. The minimum absolute atomic E-state index is 0.144. The van der Waals surface area contributed by atoms with Crippen LogP contribution in [0.2, 0.25) is 0 Å². The van der Waals surface area contributed by atoms with Gasteiger partial charge in [-0.15, -0.1) is 23.1 Å². The van der Waals surface area contributed by atoms with E-state index in [2.05, 4.69) is 21.2 Å². The first-order valence-electron chi connectivity index (χ1n) is 7.37. The molecule has 2 rings (SSSR count). The second-order valence-electron chi connectivity index (χ2n) is 5.00. The number of rotatable bonds is 6. The number of carbonyl (C=O) groups is 2. The monoisotopic (exact) mass is 427 g/mol. The van der Waals surface area contributed by atoms with Crippen LogP contribution in [-0.4, -0.2) is 24.2 Å². The molecule has 1 aromatic carbocycles. The van der Waals surface area contributed by atoms with E-state index in [0.29, 0.717) is 17.2 Å². The first-order valence-corrected chi connectivity index (χ1v) is 9.97. The summed E-state index contributed by atoms with van der Waals surface area (Å²) in [6.45, 7) is 5.86. The second-order valence-corrected chi connectivity index (χ2v) is 8.19. The number of esters is 1. The molecule has 1 N–H and O–H groups in total. The van der Waals surface area contributed by atoms with Crippen molar-refractivity contribution in [3.8, 4) is 0 Å². The lowest BCUT2D eigenvalue weighted by atomic mass is 10.1. The van der Waals surface area contributed by atoms with Crippen LogP contribution in [0.15, 0.2) is 33.6 Å². The van der Waals surface area contributed by atoms with Crippen LogP contribution in [0, 0.1) is 13.8 Å². The van der Waals surface area contributed by atoms with Crippen molar-refractivity contribution < 1.29 is 14.3 Å². The fraction of sp³-hybridized carbons (Fsp3) is 0.294. The predicted octanol–water partition coefficient (Wildman–Crippen LogP) is 5.03. The topological polar surface area (TPSA) is 55.4 Å². The van der Waals surface area contributed by atoms with E-state index in [0.717, 1.165) is 19.8 Å². The number of thioether (sulfide) groups is 1. The SMILES string of the molecule is CCOC(=O)c1c(NC(=O)CSc2ccc(Br)cc2)sc(C)c1C. The van der Waals surface area contributed by atoms with Gasteiger partial charge in [-0.1, -0.05) is 15.9 Å². The number of aryl methyl sites for hydroxylation is 1. The van der Waals surface area contributed by atoms with Crippen molar-refractivity contribution in [3.05, 3.63) is 44.7 Å². The maximum absolute atomic E-state index is 12.2. The molecule has 0 aliphatic rings. The Morgan fingerprint density at radius 2 is 1.92 bits per heavy atom. The molecule has 2 aromatic rings. The molecule has 1 amide bonds. The fourth-order valence-corrected chi connectivity index (χ4v) is 4.03. The molecule has 0 atom stereocenters. The number of carbonyl (C=O) groups excluding carboxylic acids is 2. The molecule has 128 valence electrons.